The van der Waals surface area contributed by atoms with E-state index >= 15 is 0 Å². The molecule has 2 heteroatoms. The third-order valence-corrected chi connectivity index (χ3v) is 8.85. The van der Waals surface area contributed by atoms with Gasteiger partial charge in [-0.2, -0.15) is 9.13 Å². The van der Waals surface area contributed by atoms with Gasteiger partial charge in [0.05, 0.1) is 23.0 Å². The zero-order chi connectivity index (χ0) is 26.8. The van der Waals surface area contributed by atoms with Gasteiger partial charge < -0.3 is 0 Å². The highest BCUT2D eigenvalue weighted by atomic mass is 15.1. The number of hydrogen-bond acceptors (Lipinski definition) is 0. The normalized spacial score (nSPS) is 18.6. The molecule has 39 heavy (non-hydrogen) atoms. The average Bonchev–Trinajstić information content (AvgIpc) is 3.68. The third kappa shape index (κ3) is 3.62. The summed E-state index contributed by atoms with van der Waals surface area (Å²) < 4.78 is 4.78. The molecule has 1 aliphatic carbocycles. The van der Waals surface area contributed by atoms with Crippen LogP contribution in [-0.4, -0.2) is 0 Å². The Balaban J connectivity index is 1.44. The van der Waals surface area contributed by atoms with Gasteiger partial charge in [-0.1, -0.05) is 60.2 Å². The zero-order valence-corrected chi connectivity index (χ0v) is 23.1. The number of aromatic nitrogens is 2. The van der Waals surface area contributed by atoms with E-state index in [1.54, 1.807) is 0 Å². The summed E-state index contributed by atoms with van der Waals surface area (Å²) in [6, 6.07) is 31.7. The molecule has 7 rings (SSSR count). The van der Waals surface area contributed by atoms with E-state index in [0.717, 1.165) is 0 Å². The molecule has 3 unspecified atom stereocenters. The van der Waals surface area contributed by atoms with E-state index < -0.39 is 0 Å². The van der Waals surface area contributed by atoms with Crippen molar-refractivity contribution in [2.45, 2.75) is 45.6 Å². The first-order valence-corrected chi connectivity index (χ1v) is 13.9. The maximum atomic E-state index is 4.22. The minimum Gasteiger partial charge on any atom is -0.194 e. The van der Waals surface area contributed by atoms with Gasteiger partial charge in [-0.25, -0.2) is 0 Å². The maximum Gasteiger partial charge on any atom is 0.218 e. The first-order valence-electron chi connectivity index (χ1n) is 13.9. The van der Waals surface area contributed by atoms with Gasteiger partial charge in [-0.3, -0.25) is 0 Å². The molecule has 1 fully saturated rings. The Kier molecular flexibility index (Phi) is 5.42. The molecule has 2 aromatic heterocycles. The van der Waals surface area contributed by atoms with E-state index in [4.69, 9.17) is 0 Å². The molecule has 0 saturated heterocycles. The molecule has 0 N–H and O–H groups in total. The molecule has 0 radical (unpaired) electrons. The second kappa shape index (κ2) is 8.88. The van der Waals surface area contributed by atoms with Crippen molar-refractivity contribution < 1.29 is 9.13 Å². The maximum absolute atomic E-state index is 4.22. The molecule has 1 aliphatic heterocycles. The van der Waals surface area contributed by atoms with Crippen molar-refractivity contribution in [2.75, 3.05) is 0 Å². The molecular formula is C37H34N2+2. The van der Waals surface area contributed by atoms with Crippen LogP contribution in [0.25, 0.3) is 39.8 Å². The molecule has 3 aromatic carbocycles. The highest BCUT2D eigenvalue weighted by Gasteiger charge is 2.64. The Bertz CT molecular complexity index is 1780. The molecule has 3 heterocycles. The van der Waals surface area contributed by atoms with E-state index in [0.29, 0.717) is 17.9 Å². The lowest BCUT2D eigenvalue weighted by molar-refractivity contribution is -0.693. The summed E-state index contributed by atoms with van der Waals surface area (Å²) in [5, 5.41) is 0. The lowest BCUT2D eigenvalue weighted by atomic mass is 9.89. The fourth-order valence-electron chi connectivity index (χ4n) is 7.20. The van der Waals surface area contributed by atoms with Crippen LogP contribution in [0.15, 0.2) is 104 Å². The fraction of sp³-hybridized carbons (Fsp3) is 0.189. The number of aryl methyl sites for hydroxylation is 4. The number of benzene rings is 3. The van der Waals surface area contributed by atoms with Crippen molar-refractivity contribution in [1.82, 2.24) is 0 Å². The van der Waals surface area contributed by atoms with Crippen molar-refractivity contribution >= 4 is 6.20 Å². The van der Waals surface area contributed by atoms with Crippen LogP contribution >= 0.6 is 0 Å². The highest BCUT2D eigenvalue weighted by molar-refractivity contribution is 5.74. The third-order valence-electron chi connectivity index (χ3n) is 8.85. The predicted molar refractivity (Wildman–Crippen MR) is 159 cm³/mol. The van der Waals surface area contributed by atoms with Gasteiger partial charge in [0.25, 0.3) is 0 Å². The van der Waals surface area contributed by atoms with Crippen LogP contribution in [0, 0.1) is 27.7 Å². The van der Waals surface area contributed by atoms with Crippen LogP contribution in [0.1, 0.15) is 51.3 Å². The first-order chi connectivity index (χ1) is 19.0. The van der Waals surface area contributed by atoms with E-state index in [1.165, 1.54) is 67.0 Å². The SMILES string of the molecule is C=C[n+]1cc(-c2ccccc2)c(C)cc1-c1cc(C)cc(C)c1C1C2c3ccccc3-c3c(C)ccc[n+]3C21. The second-order valence-electron chi connectivity index (χ2n) is 11.3. The predicted octanol–water partition coefficient (Wildman–Crippen LogP) is 8.03. The summed E-state index contributed by atoms with van der Waals surface area (Å²) >= 11 is 0. The average molecular weight is 507 g/mol. The van der Waals surface area contributed by atoms with Crippen LogP contribution in [-0.2, 0) is 0 Å². The van der Waals surface area contributed by atoms with Crippen LogP contribution < -0.4 is 9.13 Å². The van der Waals surface area contributed by atoms with Gasteiger partial charge in [0, 0.05) is 23.3 Å². The van der Waals surface area contributed by atoms with Gasteiger partial charge in [0.2, 0.25) is 11.4 Å². The Labute approximate surface area is 231 Å². The van der Waals surface area contributed by atoms with Gasteiger partial charge >= 0.3 is 0 Å². The van der Waals surface area contributed by atoms with Gasteiger partial charge in [0.1, 0.15) is 0 Å². The minimum atomic E-state index is 0.419. The molecule has 0 amide bonds. The molecule has 1 saturated carbocycles. The summed E-state index contributed by atoms with van der Waals surface area (Å²) in [4.78, 5) is 0. The summed E-state index contributed by atoms with van der Waals surface area (Å²) in [6.07, 6.45) is 6.49. The summed E-state index contributed by atoms with van der Waals surface area (Å²) in [7, 11) is 0. The van der Waals surface area contributed by atoms with Crippen LogP contribution in [0.2, 0.25) is 0 Å². The summed E-state index contributed by atoms with van der Waals surface area (Å²) in [5.74, 6) is 0.893. The number of pyridine rings is 2. The van der Waals surface area contributed by atoms with Crippen LogP contribution in [0.3, 0.4) is 0 Å². The molecule has 0 bridgehead atoms. The zero-order valence-electron chi connectivity index (χ0n) is 23.1. The smallest absolute Gasteiger partial charge is 0.194 e. The van der Waals surface area contributed by atoms with Gasteiger partial charge in [-0.15, -0.1) is 0 Å². The Hall–Kier alpha value is -4.30. The second-order valence-corrected chi connectivity index (χ2v) is 11.3. The summed E-state index contributed by atoms with van der Waals surface area (Å²) in [5.41, 5.74) is 16.0. The Morgan fingerprint density at radius 1 is 0.692 bits per heavy atom. The number of rotatable bonds is 4. The van der Waals surface area contributed by atoms with Crippen molar-refractivity contribution in [3.63, 3.8) is 0 Å². The standard InChI is InChI=1S/C37H34N2/c1-6-38-22-31(27-14-8-7-9-15-27)25(4)21-32(38)30-20-23(2)19-26(5)33(30)35-34-28-16-10-11-17-29(28)36-24(3)13-12-18-39(36)37(34)35/h6-22,34-35,37H,1H2,2-5H3/q+2. The Morgan fingerprint density at radius 3 is 2.26 bits per heavy atom. The highest BCUT2D eigenvalue weighted by Crippen LogP contribution is 2.66. The van der Waals surface area contributed by atoms with Crippen LogP contribution in [0.5, 0.6) is 0 Å². The molecule has 2 aliphatic rings. The molecule has 5 aromatic rings. The lowest BCUT2D eigenvalue weighted by Crippen LogP contribution is -2.38. The quantitative estimate of drug-likeness (QED) is 0.218. The monoisotopic (exact) mass is 506 g/mol. The number of hydrogen-bond donors (Lipinski definition) is 0. The molecule has 190 valence electrons. The fourth-order valence-corrected chi connectivity index (χ4v) is 7.20. The number of fused-ring (bicyclic) bond motifs is 6. The van der Waals surface area contributed by atoms with Crippen molar-refractivity contribution in [1.29, 1.82) is 0 Å². The first kappa shape index (κ1) is 23.8. The van der Waals surface area contributed by atoms with Crippen LogP contribution in [0.4, 0.5) is 0 Å². The van der Waals surface area contributed by atoms with E-state index in [-0.39, 0.29) is 0 Å². The van der Waals surface area contributed by atoms with Crippen molar-refractivity contribution in [2.24, 2.45) is 0 Å². The van der Waals surface area contributed by atoms with Crippen molar-refractivity contribution in [3.05, 3.63) is 137 Å². The number of nitrogens with zero attached hydrogens (tertiary/aromatic N) is 2. The van der Waals surface area contributed by atoms with Gasteiger partial charge in [0.15, 0.2) is 24.6 Å². The van der Waals surface area contributed by atoms with Crippen molar-refractivity contribution in [3.8, 4) is 33.6 Å². The lowest BCUT2D eigenvalue weighted by Gasteiger charge is -2.14. The molecule has 0 spiro atoms. The van der Waals surface area contributed by atoms with E-state index in [1.807, 2.05) is 6.20 Å². The topological polar surface area (TPSA) is 7.76 Å². The van der Waals surface area contributed by atoms with Gasteiger partial charge in [-0.05, 0) is 80.3 Å². The molecular weight excluding hydrogens is 472 g/mol. The Morgan fingerprint density at radius 2 is 1.46 bits per heavy atom. The molecule has 2 nitrogen and oxygen atoms in total. The minimum absolute atomic E-state index is 0.419. The van der Waals surface area contributed by atoms with E-state index in [2.05, 4.69) is 141 Å². The largest absolute Gasteiger partial charge is 0.218 e. The van der Waals surface area contributed by atoms with E-state index in [9.17, 15) is 0 Å². The summed E-state index contributed by atoms with van der Waals surface area (Å²) in [6.45, 7) is 13.2. The molecule has 3 atom stereocenters.